The molecule has 0 bridgehead atoms. The molecule has 0 rings (SSSR count). The summed E-state index contributed by atoms with van der Waals surface area (Å²) in [5, 5.41) is 0. The number of ether oxygens (including phenoxy) is 2. The largest absolute Gasteiger partial charge is 1.00 e. The predicted molar refractivity (Wildman–Crippen MR) is 31.7 cm³/mol. The fraction of sp³-hybridized carbons (Fsp3) is 1.00. The summed E-state index contributed by atoms with van der Waals surface area (Å²) >= 11 is 0. The molecule has 0 saturated carbocycles. The number of rotatable bonds is 4. The summed E-state index contributed by atoms with van der Waals surface area (Å²) < 4.78 is 19.3. The van der Waals surface area contributed by atoms with Crippen LogP contribution in [0.2, 0.25) is 0 Å². The van der Waals surface area contributed by atoms with E-state index in [1.54, 1.807) is 0 Å². The normalized spacial score (nSPS) is 12.8. The first-order valence-electron chi connectivity index (χ1n) is 2.46. The van der Waals surface area contributed by atoms with Crippen molar-refractivity contribution < 1.29 is 48.5 Å². The van der Waals surface area contributed by atoms with Gasteiger partial charge < -0.3 is 18.9 Å². The summed E-state index contributed by atoms with van der Waals surface area (Å²) in [7, 11) is 0.0959. The molecule has 1 unspecified atom stereocenters. The van der Waals surface area contributed by atoms with E-state index in [1.807, 2.05) is 0 Å². The van der Waals surface area contributed by atoms with Crippen LogP contribution in [0.1, 0.15) is 0 Å². The number of hydrogen-bond donors (Lipinski definition) is 0. The molecule has 10 heavy (non-hydrogen) atoms. The smallest absolute Gasteiger partial charge is 0.801 e. The van der Waals surface area contributed by atoms with Crippen molar-refractivity contribution in [2.75, 3.05) is 20.4 Å². The fourth-order valence-electron chi connectivity index (χ4n) is 0.399. The van der Waals surface area contributed by atoms with Crippen LogP contribution < -0.4 is 34.5 Å². The molecule has 6 heteroatoms. The Bertz CT molecular complexity index is 95.3. The van der Waals surface area contributed by atoms with Crippen LogP contribution in [-0.2, 0) is 14.0 Å². The van der Waals surface area contributed by atoms with Gasteiger partial charge in [-0.15, -0.1) is 0 Å². The molecule has 0 aliphatic heterocycles. The molecule has 0 aliphatic carbocycles. The van der Waals surface area contributed by atoms with Gasteiger partial charge in [0.05, 0.1) is 0 Å². The second-order valence-corrected chi connectivity index (χ2v) is 2.63. The van der Waals surface area contributed by atoms with Gasteiger partial charge in [0.2, 0.25) is 0 Å². The van der Waals surface area contributed by atoms with Gasteiger partial charge in [0.1, 0.15) is 0 Å². The Hall–Kier alpha value is 1.11. The van der Waals surface area contributed by atoms with E-state index >= 15 is 0 Å². The maximum Gasteiger partial charge on any atom is 1.00 e. The van der Waals surface area contributed by atoms with Crippen molar-refractivity contribution in [2.45, 2.75) is 6.29 Å². The van der Waals surface area contributed by atoms with Gasteiger partial charge in [-0.05, 0) is 0 Å². The van der Waals surface area contributed by atoms with E-state index < -0.39 is 14.3 Å². The zero-order chi connectivity index (χ0) is 7.28. The average Bonchev–Trinajstić information content (AvgIpc) is 1.82. The molecule has 1 atom stereocenters. The minimum Gasteiger partial charge on any atom is -0.801 e. The van der Waals surface area contributed by atoms with E-state index in [1.165, 1.54) is 14.2 Å². The maximum atomic E-state index is 10.0. The van der Waals surface area contributed by atoms with E-state index in [2.05, 4.69) is 9.47 Å². The maximum absolute atomic E-state index is 10.0. The second-order valence-electron chi connectivity index (χ2n) is 1.48. The van der Waals surface area contributed by atoms with Crippen LogP contribution in [0, 0.1) is 0 Å². The molecule has 0 N–H and O–H groups in total. The van der Waals surface area contributed by atoms with E-state index in [9.17, 15) is 9.46 Å². The van der Waals surface area contributed by atoms with Crippen LogP contribution in [0.15, 0.2) is 0 Å². The van der Waals surface area contributed by atoms with Crippen LogP contribution in [0.25, 0.3) is 0 Å². The topological polar surface area (TPSA) is 58.6 Å². The quantitative estimate of drug-likeness (QED) is 0.253. The fourth-order valence-corrected chi connectivity index (χ4v) is 1.00. The zero-order valence-electron chi connectivity index (χ0n) is 6.42. The van der Waals surface area contributed by atoms with Gasteiger partial charge in [-0.25, -0.2) is 0 Å². The third kappa shape index (κ3) is 7.22. The van der Waals surface area contributed by atoms with E-state index in [4.69, 9.17) is 0 Å². The molecule has 0 aromatic heterocycles. The van der Waals surface area contributed by atoms with E-state index in [0.29, 0.717) is 0 Å². The van der Waals surface area contributed by atoms with E-state index in [0.717, 1.165) is 0 Å². The van der Waals surface area contributed by atoms with Gasteiger partial charge in [0, 0.05) is 28.4 Å². The minimum absolute atomic E-state index is 0. The first-order chi connectivity index (χ1) is 4.20. The van der Waals surface area contributed by atoms with Crippen LogP contribution in [0.5, 0.6) is 0 Å². The molecule has 0 aromatic carbocycles. The van der Waals surface area contributed by atoms with Crippen molar-refractivity contribution in [1.82, 2.24) is 0 Å². The molecule has 0 amide bonds. The summed E-state index contributed by atoms with van der Waals surface area (Å²) in [5.41, 5.74) is 0. The van der Waals surface area contributed by atoms with Gasteiger partial charge in [-0.3, -0.25) is 0 Å². The van der Waals surface area contributed by atoms with Crippen LogP contribution in [0.3, 0.4) is 0 Å². The first-order valence-corrected chi connectivity index (χ1v) is 3.98. The summed E-state index contributed by atoms with van der Waals surface area (Å²) in [6, 6.07) is 0. The third-order valence-corrected chi connectivity index (χ3v) is 1.53. The van der Waals surface area contributed by atoms with Crippen molar-refractivity contribution >= 4 is 8.03 Å². The Labute approximate surface area is 83.1 Å². The molecule has 0 heterocycles. The predicted octanol–water partition coefficient (Wildman–Crippen LogP) is -3.56. The number of hydrogen-bond acceptors (Lipinski definition) is 4. The Morgan fingerprint density at radius 1 is 1.50 bits per heavy atom. The van der Waals surface area contributed by atoms with Crippen molar-refractivity contribution in [3.63, 3.8) is 0 Å². The minimum atomic E-state index is -2.71. The molecular weight excluding hydrogens is 166 g/mol. The van der Waals surface area contributed by atoms with Crippen LogP contribution in [0.4, 0.5) is 0 Å². The van der Waals surface area contributed by atoms with Crippen LogP contribution >= 0.6 is 8.03 Å². The molecule has 0 aromatic rings. The molecule has 4 nitrogen and oxygen atoms in total. The van der Waals surface area contributed by atoms with Gasteiger partial charge in [0.25, 0.3) is 0 Å². The molecule has 0 spiro atoms. The molecule has 0 fully saturated rings. The Kier molecular flexibility index (Phi) is 11.2. The van der Waals surface area contributed by atoms with E-state index in [-0.39, 0.29) is 35.7 Å². The summed E-state index contributed by atoms with van der Waals surface area (Å²) in [6.07, 6.45) is -0.647. The molecular formula is C4H10NaO4P. The van der Waals surface area contributed by atoms with Crippen molar-refractivity contribution in [2.24, 2.45) is 0 Å². The Morgan fingerprint density at radius 2 is 1.90 bits per heavy atom. The monoisotopic (exact) mass is 176 g/mol. The molecule has 0 aliphatic rings. The summed E-state index contributed by atoms with van der Waals surface area (Å²) in [4.78, 5) is 10.0. The second kappa shape index (κ2) is 8.21. The Morgan fingerprint density at radius 3 is 2.00 bits per heavy atom. The standard InChI is InChI=1S/C4H11O4P.Na/c1-7-4(8-2)3-9(5)6;/h4,9H,3H2,1-2H3,(H,5,6);/q;+1/p-1. The third-order valence-electron chi connectivity index (χ3n) is 0.859. The van der Waals surface area contributed by atoms with Crippen molar-refractivity contribution in [3.8, 4) is 0 Å². The van der Waals surface area contributed by atoms with Gasteiger partial charge in [-0.1, -0.05) is 0 Å². The zero-order valence-corrected chi connectivity index (χ0v) is 9.42. The SMILES string of the molecule is COC(C[PH](=O)[O-])OC.[Na+]. The van der Waals surface area contributed by atoms with Crippen molar-refractivity contribution in [3.05, 3.63) is 0 Å². The first kappa shape index (κ1) is 13.7. The van der Waals surface area contributed by atoms with Gasteiger partial charge >= 0.3 is 29.6 Å². The summed E-state index contributed by atoms with van der Waals surface area (Å²) in [6.45, 7) is 0. The van der Waals surface area contributed by atoms with Gasteiger partial charge in [0.15, 0.2) is 6.29 Å². The molecule has 0 radical (unpaired) electrons. The van der Waals surface area contributed by atoms with Crippen LogP contribution in [-0.4, -0.2) is 26.7 Å². The average molecular weight is 176 g/mol. The Balaban J connectivity index is 0. The number of methoxy groups -OCH3 is 2. The summed E-state index contributed by atoms with van der Waals surface area (Å²) in [5.74, 6) is 0. The molecule has 0 saturated heterocycles. The van der Waals surface area contributed by atoms with Crippen molar-refractivity contribution in [1.29, 1.82) is 0 Å². The van der Waals surface area contributed by atoms with Gasteiger partial charge in [-0.2, -0.15) is 0 Å². The molecule has 56 valence electrons.